The van der Waals surface area contributed by atoms with Gasteiger partial charge in [-0.15, -0.1) is 11.3 Å². The molecule has 10 heteroatoms. The van der Waals surface area contributed by atoms with Crippen molar-refractivity contribution in [1.29, 1.82) is 0 Å². The zero-order valence-electron chi connectivity index (χ0n) is 21.1. The van der Waals surface area contributed by atoms with Gasteiger partial charge in [-0.05, 0) is 28.7 Å². The van der Waals surface area contributed by atoms with E-state index in [0.29, 0.717) is 12.8 Å². The molecule has 1 aliphatic carbocycles. The number of fused-ring (bicyclic) bond motifs is 1. The van der Waals surface area contributed by atoms with Gasteiger partial charge in [-0.1, -0.05) is 74.6 Å². The molecule has 1 aromatic heterocycles. The molecule has 0 bridgehead atoms. The van der Waals surface area contributed by atoms with Gasteiger partial charge < -0.3 is 15.4 Å². The van der Waals surface area contributed by atoms with Crippen molar-refractivity contribution in [2.24, 2.45) is 5.92 Å². The lowest BCUT2D eigenvalue weighted by Gasteiger charge is -2.30. The lowest BCUT2D eigenvalue weighted by molar-refractivity contribution is -0.134. The fourth-order valence-corrected chi connectivity index (χ4v) is 6.05. The average molecular weight is 535 g/mol. The van der Waals surface area contributed by atoms with Crippen LogP contribution < -0.4 is 10.6 Å². The molecule has 2 aromatic carbocycles. The van der Waals surface area contributed by atoms with E-state index in [1.54, 1.807) is 0 Å². The summed E-state index contributed by atoms with van der Waals surface area (Å²) in [5.74, 6) is -1.27. The third-order valence-electron chi connectivity index (χ3n) is 7.33. The fraction of sp³-hybridized carbons (Fsp3) is 0.393. The van der Waals surface area contributed by atoms with Gasteiger partial charge in [0.1, 0.15) is 12.1 Å². The number of methoxy groups -OCH3 is 1. The van der Waals surface area contributed by atoms with Crippen LogP contribution in [0.25, 0.3) is 10.8 Å². The van der Waals surface area contributed by atoms with E-state index in [9.17, 15) is 19.2 Å². The van der Waals surface area contributed by atoms with Gasteiger partial charge in [0.05, 0.1) is 7.11 Å². The number of imide groups is 1. The smallest absolute Gasteiger partial charge is 0.357 e. The summed E-state index contributed by atoms with van der Waals surface area (Å²) in [6, 6.07) is 11.6. The predicted molar refractivity (Wildman–Crippen MR) is 144 cm³/mol. The molecular formula is C28H30N4O5S. The summed E-state index contributed by atoms with van der Waals surface area (Å²) < 4.78 is 4.68. The van der Waals surface area contributed by atoms with Crippen LogP contribution in [-0.2, 0) is 20.7 Å². The SMILES string of the molecule is COC(=O)c1csc(NC(=O)C(CC2CCCCC2)N2C(=O)NC(Cc3ccc4ccccc4c3)C2=O)n1. The van der Waals surface area contributed by atoms with Crippen LogP contribution in [0.2, 0.25) is 0 Å². The molecule has 2 aliphatic rings. The Morgan fingerprint density at radius 2 is 1.89 bits per heavy atom. The van der Waals surface area contributed by atoms with Crippen LogP contribution in [0.5, 0.6) is 0 Å². The number of hydrogen-bond donors (Lipinski definition) is 2. The Bertz CT molecular complexity index is 1370. The minimum atomic E-state index is -0.974. The lowest BCUT2D eigenvalue weighted by Crippen LogP contribution is -2.49. The minimum Gasteiger partial charge on any atom is -0.464 e. The van der Waals surface area contributed by atoms with Crippen molar-refractivity contribution in [2.75, 3.05) is 12.4 Å². The topological polar surface area (TPSA) is 118 Å². The number of urea groups is 1. The summed E-state index contributed by atoms with van der Waals surface area (Å²) in [5, 5.41) is 9.38. The molecule has 1 aliphatic heterocycles. The summed E-state index contributed by atoms with van der Waals surface area (Å²) in [4.78, 5) is 57.1. The van der Waals surface area contributed by atoms with E-state index in [-0.39, 0.29) is 16.7 Å². The maximum Gasteiger partial charge on any atom is 0.357 e. The molecule has 38 heavy (non-hydrogen) atoms. The fourth-order valence-electron chi connectivity index (χ4n) is 5.37. The zero-order valence-corrected chi connectivity index (χ0v) is 22.0. The number of amides is 4. The van der Waals surface area contributed by atoms with E-state index in [2.05, 4.69) is 20.4 Å². The number of nitrogens with one attached hydrogen (secondary N) is 2. The van der Waals surface area contributed by atoms with Crippen molar-refractivity contribution < 1.29 is 23.9 Å². The van der Waals surface area contributed by atoms with Gasteiger partial charge in [0.15, 0.2) is 10.8 Å². The second-order valence-corrected chi connectivity index (χ2v) is 10.7. The van der Waals surface area contributed by atoms with E-state index in [0.717, 1.165) is 64.7 Å². The van der Waals surface area contributed by atoms with Crippen LogP contribution in [0, 0.1) is 5.92 Å². The van der Waals surface area contributed by atoms with E-state index >= 15 is 0 Å². The molecule has 1 saturated heterocycles. The van der Waals surface area contributed by atoms with Gasteiger partial charge in [-0.25, -0.2) is 19.5 Å². The molecule has 2 N–H and O–H groups in total. The predicted octanol–water partition coefficient (Wildman–Crippen LogP) is 4.52. The largest absolute Gasteiger partial charge is 0.464 e. The number of carbonyl (C=O) groups is 4. The van der Waals surface area contributed by atoms with Crippen LogP contribution in [0.1, 0.15) is 54.6 Å². The number of benzene rings is 2. The Kier molecular flexibility index (Phi) is 7.69. The number of aromatic nitrogens is 1. The Balaban J connectivity index is 1.35. The molecule has 4 amide bonds. The number of thiazole rings is 1. The van der Waals surface area contributed by atoms with Gasteiger partial charge in [0.25, 0.3) is 5.91 Å². The number of nitrogens with zero attached hydrogens (tertiary/aromatic N) is 2. The normalized spacial score (nSPS) is 18.9. The summed E-state index contributed by atoms with van der Waals surface area (Å²) >= 11 is 1.08. The average Bonchev–Trinajstić information content (AvgIpc) is 3.51. The molecule has 9 nitrogen and oxygen atoms in total. The standard InChI is InChI=1S/C28H30N4O5S/c1-37-26(35)22-16-38-27(29-22)31-24(33)23(15-17-7-3-2-4-8-17)32-25(34)21(30-28(32)36)14-18-11-12-19-9-5-6-10-20(19)13-18/h5-6,9-13,16-17,21,23H,2-4,7-8,14-15H2,1H3,(H,30,36)(H,29,31,33). The first-order chi connectivity index (χ1) is 18.4. The second-order valence-electron chi connectivity index (χ2n) is 9.87. The Hall–Kier alpha value is -3.79. The van der Waals surface area contributed by atoms with E-state index in [1.807, 2.05) is 42.5 Å². The van der Waals surface area contributed by atoms with Crippen molar-refractivity contribution in [3.63, 3.8) is 0 Å². The molecule has 2 heterocycles. The van der Waals surface area contributed by atoms with Crippen molar-refractivity contribution in [2.45, 2.75) is 57.0 Å². The van der Waals surface area contributed by atoms with Gasteiger partial charge >= 0.3 is 12.0 Å². The van der Waals surface area contributed by atoms with Crippen molar-refractivity contribution in [3.8, 4) is 0 Å². The first-order valence-electron chi connectivity index (χ1n) is 12.9. The molecular weight excluding hydrogens is 504 g/mol. The Labute approximate surface area is 224 Å². The highest BCUT2D eigenvalue weighted by atomic mass is 32.1. The van der Waals surface area contributed by atoms with Gasteiger partial charge in [0, 0.05) is 11.8 Å². The highest BCUT2D eigenvalue weighted by Crippen LogP contribution is 2.31. The maximum absolute atomic E-state index is 13.5. The number of rotatable bonds is 8. The molecule has 0 radical (unpaired) electrons. The van der Waals surface area contributed by atoms with Crippen LogP contribution in [0.3, 0.4) is 0 Å². The second kappa shape index (κ2) is 11.3. The zero-order chi connectivity index (χ0) is 26.6. The van der Waals surface area contributed by atoms with E-state index in [1.165, 1.54) is 12.5 Å². The van der Waals surface area contributed by atoms with Crippen molar-refractivity contribution >= 4 is 51.1 Å². The van der Waals surface area contributed by atoms with E-state index in [4.69, 9.17) is 0 Å². The minimum absolute atomic E-state index is 0.0853. The van der Waals surface area contributed by atoms with Crippen LogP contribution in [0.4, 0.5) is 9.93 Å². The Morgan fingerprint density at radius 3 is 2.66 bits per heavy atom. The quantitative estimate of drug-likeness (QED) is 0.324. The Morgan fingerprint density at radius 1 is 1.13 bits per heavy atom. The third-order valence-corrected chi connectivity index (χ3v) is 8.09. The van der Waals surface area contributed by atoms with Crippen LogP contribution >= 0.6 is 11.3 Å². The number of anilines is 1. The summed E-state index contributed by atoms with van der Waals surface area (Å²) in [7, 11) is 1.26. The molecule has 5 rings (SSSR count). The van der Waals surface area contributed by atoms with Crippen LogP contribution in [-0.4, -0.2) is 52.9 Å². The van der Waals surface area contributed by atoms with E-state index < -0.39 is 35.9 Å². The number of esters is 1. The summed E-state index contributed by atoms with van der Waals surface area (Å²) in [6.45, 7) is 0. The molecule has 0 spiro atoms. The van der Waals surface area contributed by atoms with Gasteiger partial charge in [-0.3, -0.25) is 9.59 Å². The first-order valence-corrected chi connectivity index (χ1v) is 13.8. The highest BCUT2D eigenvalue weighted by molar-refractivity contribution is 7.14. The van der Waals surface area contributed by atoms with Crippen molar-refractivity contribution in [1.82, 2.24) is 15.2 Å². The molecule has 2 fully saturated rings. The summed E-state index contributed by atoms with van der Waals surface area (Å²) in [6.07, 6.45) is 5.92. The number of hydrogen-bond acceptors (Lipinski definition) is 7. The molecule has 1 saturated carbocycles. The monoisotopic (exact) mass is 534 g/mol. The third kappa shape index (κ3) is 5.55. The first kappa shape index (κ1) is 25.8. The molecule has 3 aromatic rings. The number of ether oxygens (including phenoxy) is 1. The molecule has 2 unspecified atom stereocenters. The van der Waals surface area contributed by atoms with Gasteiger partial charge in [-0.2, -0.15) is 0 Å². The lowest BCUT2D eigenvalue weighted by atomic mass is 9.84. The molecule has 2 atom stereocenters. The number of carbonyl (C=O) groups excluding carboxylic acids is 4. The summed E-state index contributed by atoms with van der Waals surface area (Å²) in [5.41, 5.74) is 1.01. The van der Waals surface area contributed by atoms with Crippen LogP contribution in [0.15, 0.2) is 47.8 Å². The highest BCUT2D eigenvalue weighted by Gasteiger charge is 2.45. The maximum atomic E-state index is 13.5. The molecule has 198 valence electrons. The van der Waals surface area contributed by atoms with Gasteiger partial charge in [0.2, 0.25) is 5.91 Å². The van der Waals surface area contributed by atoms with Crippen molar-refractivity contribution in [3.05, 3.63) is 59.1 Å².